The quantitative estimate of drug-likeness (QED) is 0.860. The lowest BCUT2D eigenvalue weighted by molar-refractivity contribution is -0.0172. The number of benzene rings is 1. The maximum atomic E-state index is 12.6. The number of carbonyl (C=O) groups is 1. The molecule has 2 N–H and O–H groups in total. The molecule has 27 heavy (non-hydrogen) atoms. The first-order valence-electron chi connectivity index (χ1n) is 9.67. The van der Waals surface area contributed by atoms with E-state index in [1.165, 1.54) is 5.56 Å². The molecule has 1 aromatic carbocycles. The largest absolute Gasteiger partial charge is 0.385 e. The highest BCUT2D eigenvalue weighted by Crippen LogP contribution is 2.32. The second-order valence-electron chi connectivity index (χ2n) is 7.75. The minimum atomic E-state index is -0.899. The number of aromatic nitrogens is 1. The maximum absolute atomic E-state index is 12.6. The summed E-state index contributed by atoms with van der Waals surface area (Å²) in [7, 11) is 0. The van der Waals surface area contributed by atoms with E-state index in [-0.39, 0.29) is 12.1 Å². The van der Waals surface area contributed by atoms with Gasteiger partial charge < -0.3 is 15.3 Å². The Kier molecular flexibility index (Phi) is 5.80. The number of rotatable bonds is 4. The Morgan fingerprint density at radius 1 is 1.11 bits per heavy atom. The van der Waals surface area contributed by atoms with E-state index in [2.05, 4.69) is 48.4 Å². The zero-order valence-corrected chi connectivity index (χ0v) is 16.4. The van der Waals surface area contributed by atoms with Gasteiger partial charge in [0.05, 0.1) is 11.6 Å². The number of urea groups is 1. The number of nitrogens with one attached hydrogen (secondary N) is 1. The number of pyridine rings is 1. The summed E-state index contributed by atoms with van der Waals surface area (Å²) in [5.74, 6) is 0.496. The Labute approximate surface area is 161 Å². The number of hydrogen-bond acceptors (Lipinski definition) is 3. The van der Waals surface area contributed by atoms with Gasteiger partial charge in [-0.15, -0.1) is 0 Å². The van der Waals surface area contributed by atoms with Gasteiger partial charge in [-0.25, -0.2) is 4.79 Å². The molecule has 2 heterocycles. The minimum absolute atomic E-state index is 0.0576. The molecule has 3 rings (SSSR count). The molecule has 1 aliphatic heterocycles. The molecular weight excluding hydrogens is 338 g/mol. The molecule has 0 bridgehead atoms. The van der Waals surface area contributed by atoms with Gasteiger partial charge in [0.15, 0.2) is 0 Å². The Hall–Kier alpha value is -2.40. The fourth-order valence-electron chi connectivity index (χ4n) is 3.54. The third-order valence-corrected chi connectivity index (χ3v) is 5.52. The van der Waals surface area contributed by atoms with Crippen LogP contribution < -0.4 is 5.32 Å². The molecular formula is C22H29N3O2. The average Bonchev–Trinajstić information content (AvgIpc) is 2.69. The van der Waals surface area contributed by atoms with E-state index >= 15 is 0 Å². The van der Waals surface area contributed by atoms with Crippen LogP contribution in [0.2, 0.25) is 0 Å². The van der Waals surface area contributed by atoms with Crippen LogP contribution in [0.1, 0.15) is 62.3 Å². The zero-order chi connectivity index (χ0) is 19.4. The molecule has 0 saturated carbocycles. The van der Waals surface area contributed by atoms with Crippen molar-refractivity contribution in [3.63, 3.8) is 0 Å². The van der Waals surface area contributed by atoms with Gasteiger partial charge in [0.25, 0.3) is 0 Å². The van der Waals surface area contributed by atoms with Crippen LogP contribution in [0.3, 0.4) is 0 Å². The standard InChI is InChI=1S/C22H29N3O2/c1-16(2)18-6-8-19(9-7-18)17(3)24-21(26)25-13-10-22(27,11-14-25)20-5-4-12-23-15-20/h4-9,12,15-17,27H,10-11,13-14H2,1-3H3,(H,24,26)/t17-/m0/s1. The van der Waals surface area contributed by atoms with Crippen LogP contribution in [-0.2, 0) is 5.60 Å². The second kappa shape index (κ2) is 8.09. The Morgan fingerprint density at radius 3 is 2.30 bits per heavy atom. The summed E-state index contributed by atoms with van der Waals surface area (Å²) >= 11 is 0. The highest BCUT2D eigenvalue weighted by Gasteiger charge is 2.35. The lowest BCUT2D eigenvalue weighted by Crippen LogP contribution is -2.49. The van der Waals surface area contributed by atoms with Crippen LogP contribution in [-0.4, -0.2) is 34.1 Å². The van der Waals surface area contributed by atoms with Gasteiger partial charge in [-0.2, -0.15) is 0 Å². The molecule has 1 fully saturated rings. The predicted octanol–water partition coefficient (Wildman–Crippen LogP) is 3.96. The first-order chi connectivity index (χ1) is 12.9. The Bertz CT molecular complexity index is 751. The molecule has 1 atom stereocenters. The summed E-state index contributed by atoms with van der Waals surface area (Å²) in [5, 5.41) is 13.9. The summed E-state index contributed by atoms with van der Waals surface area (Å²) in [6.07, 6.45) is 4.44. The average molecular weight is 367 g/mol. The van der Waals surface area contributed by atoms with Crippen LogP contribution in [0, 0.1) is 0 Å². The molecule has 144 valence electrons. The number of aliphatic hydroxyl groups is 1. The van der Waals surface area contributed by atoms with E-state index in [1.807, 2.05) is 19.1 Å². The number of likely N-dealkylation sites (tertiary alicyclic amines) is 1. The summed E-state index contributed by atoms with van der Waals surface area (Å²) < 4.78 is 0. The van der Waals surface area contributed by atoms with E-state index in [4.69, 9.17) is 0 Å². The van der Waals surface area contributed by atoms with Crippen molar-refractivity contribution in [1.29, 1.82) is 0 Å². The smallest absolute Gasteiger partial charge is 0.317 e. The zero-order valence-electron chi connectivity index (χ0n) is 16.4. The number of hydrogen-bond donors (Lipinski definition) is 2. The fourth-order valence-corrected chi connectivity index (χ4v) is 3.54. The third-order valence-electron chi connectivity index (χ3n) is 5.52. The van der Waals surface area contributed by atoms with Crippen molar-refractivity contribution in [2.24, 2.45) is 0 Å². The minimum Gasteiger partial charge on any atom is -0.385 e. The van der Waals surface area contributed by atoms with Gasteiger partial charge in [-0.05, 0) is 42.9 Å². The van der Waals surface area contributed by atoms with Gasteiger partial charge in [-0.1, -0.05) is 44.2 Å². The predicted molar refractivity (Wildman–Crippen MR) is 106 cm³/mol. The van der Waals surface area contributed by atoms with Crippen LogP contribution in [0.15, 0.2) is 48.8 Å². The topological polar surface area (TPSA) is 65.5 Å². The molecule has 0 aliphatic carbocycles. The molecule has 2 amide bonds. The summed E-state index contributed by atoms with van der Waals surface area (Å²) in [6.45, 7) is 7.39. The summed E-state index contributed by atoms with van der Waals surface area (Å²) in [5.41, 5.74) is 2.31. The fraction of sp³-hybridized carbons (Fsp3) is 0.455. The van der Waals surface area contributed by atoms with Crippen molar-refractivity contribution in [2.75, 3.05) is 13.1 Å². The SMILES string of the molecule is CC(C)c1ccc([C@H](C)NC(=O)N2CCC(O)(c3cccnc3)CC2)cc1. The molecule has 0 unspecified atom stereocenters. The first-order valence-corrected chi connectivity index (χ1v) is 9.67. The van der Waals surface area contributed by atoms with E-state index < -0.39 is 5.60 Å². The van der Waals surface area contributed by atoms with Gasteiger partial charge >= 0.3 is 6.03 Å². The molecule has 0 radical (unpaired) electrons. The molecule has 5 heteroatoms. The Morgan fingerprint density at radius 2 is 1.74 bits per heavy atom. The molecule has 1 saturated heterocycles. The normalized spacial score (nSPS) is 17.6. The summed E-state index contributed by atoms with van der Waals surface area (Å²) in [6, 6.07) is 12.0. The highest BCUT2D eigenvalue weighted by atomic mass is 16.3. The lowest BCUT2D eigenvalue weighted by Gasteiger charge is -2.38. The molecule has 2 aromatic rings. The van der Waals surface area contributed by atoms with Crippen LogP contribution in [0.4, 0.5) is 4.79 Å². The van der Waals surface area contributed by atoms with Crippen molar-refractivity contribution in [3.05, 3.63) is 65.5 Å². The third kappa shape index (κ3) is 4.48. The van der Waals surface area contributed by atoms with Crippen molar-refractivity contribution < 1.29 is 9.90 Å². The number of amides is 2. The second-order valence-corrected chi connectivity index (χ2v) is 7.75. The monoisotopic (exact) mass is 367 g/mol. The number of piperidine rings is 1. The van der Waals surface area contributed by atoms with E-state index in [9.17, 15) is 9.90 Å². The maximum Gasteiger partial charge on any atom is 0.317 e. The van der Waals surface area contributed by atoms with Crippen molar-refractivity contribution in [1.82, 2.24) is 15.2 Å². The molecule has 5 nitrogen and oxygen atoms in total. The van der Waals surface area contributed by atoms with Gasteiger partial charge in [0.2, 0.25) is 0 Å². The van der Waals surface area contributed by atoms with E-state index in [1.54, 1.807) is 17.3 Å². The van der Waals surface area contributed by atoms with Gasteiger partial charge in [0, 0.05) is 31.0 Å². The molecule has 1 aliphatic rings. The summed E-state index contributed by atoms with van der Waals surface area (Å²) in [4.78, 5) is 18.5. The van der Waals surface area contributed by atoms with Crippen LogP contribution >= 0.6 is 0 Å². The van der Waals surface area contributed by atoms with Crippen LogP contribution in [0.5, 0.6) is 0 Å². The van der Waals surface area contributed by atoms with E-state index in [0.717, 1.165) is 11.1 Å². The van der Waals surface area contributed by atoms with Crippen molar-refractivity contribution >= 4 is 6.03 Å². The highest BCUT2D eigenvalue weighted by molar-refractivity contribution is 5.74. The lowest BCUT2D eigenvalue weighted by atomic mass is 9.85. The number of carbonyl (C=O) groups excluding carboxylic acids is 1. The molecule has 0 spiro atoms. The van der Waals surface area contributed by atoms with Crippen molar-refractivity contribution in [2.45, 2.75) is 51.2 Å². The van der Waals surface area contributed by atoms with Gasteiger partial charge in [-0.3, -0.25) is 4.98 Å². The van der Waals surface area contributed by atoms with Crippen molar-refractivity contribution in [3.8, 4) is 0 Å². The number of nitrogens with zero attached hydrogens (tertiary/aromatic N) is 2. The Balaban J connectivity index is 1.56. The first kappa shape index (κ1) is 19.4. The van der Waals surface area contributed by atoms with Crippen LogP contribution in [0.25, 0.3) is 0 Å². The van der Waals surface area contributed by atoms with E-state index in [0.29, 0.717) is 31.8 Å². The van der Waals surface area contributed by atoms with Gasteiger partial charge in [0.1, 0.15) is 0 Å². The molecule has 1 aromatic heterocycles.